The molecule has 0 unspecified atom stereocenters. The van der Waals surface area contributed by atoms with Crippen molar-refractivity contribution in [2.75, 3.05) is 0 Å². The highest BCUT2D eigenvalue weighted by molar-refractivity contribution is 5.26. The fourth-order valence-corrected chi connectivity index (χ4v) is 1.25. The van der Waals surface area contributed by atoms with Crippen LogP contribution in [0.25, 0.3) is 0 Å². The van der Waals surface area contributed by atoms with Crippen LogP contribution in [0.2, 0.25) is 0 Å². The lowest BCUT2D eigenvalue weighted by molar-refractivity contribution is -0.221. The molecule has 0 aromatic carbocycles. The molecule has 0 aromatic heterocycles. The Bertz CT molecular complexity index is 313. The van der Waals surface area contributed by atoms with E-state index in [-0.39, 0.29) is 0 Å². The minimum absolute atomic E-state index is 0.681. The molecule has 0 saturated carbocycles. The number of hydrogen-bond acceptors (Lipinski definition) is 2. The van der Waals surface area contributed by atoms with Crippen molar-refractivity contribution in [3.63, 3.8) is 0 Å². The fourth-order valence-electron chi connectivity index (χ4n) is 1.25. The smallest absolute Gasteiger partial charge is 0.179 e. The Morgan fingerprint density at radius 2 is 0.875 bits per heavy atom. The van der Waals surface area contributed by atoms with E-state index in [0.29, 0.717) is 11.5 Å². The van der Waals surface area contributed by atoms with Crippen LogP contribution < -0.4 is 0 Å². The second-order valence-electron chi connectivity index (χ2n) is 4.39. The average molecular weight is 222 g/mol. The third-order valence-electron chi connectivity index (χ3n) is 1.89. The zero-order valence-corrected chi connectivity index (χ0v) is 11.2. The first-order valence-corrected chi connectivity index (χ1v) is 5.28. The van der Waals surface area contributed by atoms with Gasteiger partial charge in [0, 0.05) is 0 Å². The average Bonchev–Trinajstić information content (AvgIpc) is 2.09. The molecule has 0 rings (SSSR count). The van der Waals surface area contributed by atoms with Crippen molar-refractivity contribution in [2.24, 2.45) is 0 Å². The highest BCUT2D eigenvalue weighted by Crippen LogP contribution is 2.20. The molecule has 0 fully saturated rings. The topological polar surface area (TPSA) is 18.5 Å². The van der Waals surface area contributed by atoms with Crippen LogP contribution in [-0.2, 0) is 9.78 Å². The van der Waals surface area contributed by atoms with Gasteiger partial charge in [0.15, 0.2) is 11.5 Å². The summed E-state index contributed by atoms with van der Waals surface area (Å²) in [5.74, 6) is 1.36. The maximum atomic E-state index is 5.31. The van der Waals surface area contributed by atoms with Gasteiger partial charge >= 0.3 is 0 Å². The van der Waals surface area contributed by atoms with Gasteiger partial charge in [-0.15, -0.1) is 0 Å². The van der Waals surface area contributed by atoms with Gasteiger partial charge in [-0.3, -0.25) is 9.78 Å². The van der Waals surface area contributed by atoms with E-state index in [0.717, 1.165) is 22.3 Å². The molecule has 0 aliphatic carbocycles. The third kappa shape index (κ3) is 4.39. The van der Waals surface area contributed by atoms with Crippen LogP contribution in [-0.4, -0.2) is 0 Å². The predicted octanol–water partition coefficient (Wildman–Crippen LogP) is 4.67. The summed E-state index contributed by atoms with van der Waals surface area (Å²) < 4.78 is 0. The lowest BCUT2D eigenvalue weighted by Crippen LogP contribution is -2.00. The summed E-state index contributed by atoms with van der Waals surface area (Å²) in [7, 11) is 0. The summed E-state index contributed by atoms with van der Waals surface area (Å²) in [4.78, 5) is 10.6. The Balaban J connectivity index is 4.80. The van der Waals surface area contributed by atoms with Crippen molar-refractivity contribution in [3.8, 4) is 0 Å². The SMILES string of the molecule is C=C(C)C(OOC(C(=C)C)=C(C)C)=C(C)C. The predicted molar refractivity (Wildman–Crippen MR) is 68.5 cm³/mol. The minimum atomic E-state index is 0.681. The van der Waals surface area contributed by atoms with E-state index < -0.39 is 0 Å². The van der Waals surface area contributed by atoms with Crippen molar-refractivity contribution in [3.05, 3.63) is 47.0 Å². The van der Waals surface area contributed by atoms with Gasteiger partial charge in [0.05, 0.1) is 0 Å². The lowest BCUT2D eigenvalue weighted by atomic mass is 10.2. The van der Waals surface area contributed by atoms with E-state index in [1.807, 2.05) is 41.5 Å². The molecule has 0 spiro atoms. The van der Waals surface area contributed by atoms with Crippen LogP contribution in [0.3, 0.4) is 0 Å². The highest BCUT2D eigenvalue weighted by atomic mass is 17.2. The first-order valence-electron chi connectivity index (χ1n) is 5.28. The Morgan fingerprint density at radius 3 is 1.00 bits per heavy atom. The third-order valence-corrected chi connectivity index (χ3v) is 1.89. The second kappa shape index (κ2) is 6.21. The van der Waals surface area contributed by atoms with E-state index in [1.54, 1.807) is 0 Å². The second-order valence-corrected chi connectivity index (χ2v) is 4.39. The molecule has 16 heavy (non-hydrogen) atoms. The summed E-state index contributed by atoms with van der Waals surface area (Å²) in [5.41, 5.74) is 3.74. The minimum Gasteiger partial charge on any atom is -0.290 e. The van der Waals surface area contributed by atoms with E-state index in [1.165, 1.54) is 0 Å². The van der Waals surface area contributed by atoms with Gasteiger partial charge in [-0.25, -0.2) is 0 Å². The van der Waals surface area contributed by atoms with E-state index in [9.17, 15) is 0 Å². The quantitative estimate of drug-likeness (QED) is 0.291. The monoisotopic (exact) mass is 222 g/mol. The summed E-state index contributed by atoms with van der Waals surface area (Å²) >= 11 is 0. The molecule has 0 aliphatic heterocycles. The van der Waals surface area contributed by atoms with Crippen molar-refractivity contribution in [1.82, 2.24) is 0 Å². The maximum Gasteiger partial charge on any atom is 0.179 e. The summed E-state index contributed by atoms with van der Waals surface area (Å²) in [6.45, 7) is 19.3. The lowest BCUT2D eigenvalue weighted by Gasteiger charge is -2.14. The van der Waals surface area contributed by atoms with Crippen molar-refractivity contribution in [2.45, 2.75) is 41.5 Å². The van der Waals surface area contributed by atoms with Crippen LogP contribution in [0.1, 0.15) is 41.5 Å². The highest BCUT2D eigenvalue weighted by Gasteiger charge is 2.08. The van der Waals surface area contributed by atoms with Gasteiger partial charge in [-0.05, 0) is 63.8 Å². The molecule has 0 heterocycles. The Labute approximate surface area is 98.9 Å². The molecular weight excluding hydrogens is 200 g/mol. The molecule has 0 bridgehead atoms. The van der Waals surface area contributed by atoms with Crippen LogP contribution in [0.15, 0.2) is 47.0 Å². The fraction of sp³-hybridized carbons (Fsp3) is 0.429. The summed E-state index contributed by atoms with van der Waals surface area (Å²) in [5, 5.41) is 0. The van der Waals surface area contributed by atoms with Gasteiger partial charge in [0.25, 0.3) is 0 Å². The van der Waals surface area contributed by atoms with Crippen LogP contribution >= 0.6 is 0 Å². The van der Waals surface area contributed by atoms with Gasteiger partial charge in [0.2, 0.25) is 0 Å². The van der Waals surface area contributed by atoms with Crippen molar-refractivity contribution < 1.29 is 9.78 Å². The van der Waals surface area contributed by atoms with Crippen molar-refractivity contribution >= 4 is 0 Å². The molecule has 2 heteroatoms. The zero-order chi connectivity index (χ0) is 12.9. The van der Waals surface area contributed by atoms with E-state index >= 15 is 0 Å². The van der Waals surface area contributed by atoms with Gasteiger partial charge < -0.3 is 0 Å². The Hall–Kier alpha value is -1.44. The summed E-state index contributed by atoms with van der Waals surface area (Å²) in [6, 6.07) is 0. The van der Waals surface area contributed by atoms with Gasteiger partial charge in [-0.2, -0.15) is 0 Å². The number of rotatable bonds is 5. The molecule has 0 aliphatic rings. The van der Waals surface area contributed by atoms with Crippen LogP contribution in [0, 0.1) is 0 Å². The molecule has 0 N–H and O–H groups in total. The molecule has 0 radical (unpaired) electrons. The number of hydrogen-bond donors (Lipinski definition) is 0. The molecule has 90 valence electrons. The Morgan fingerprint density at radius 1 is 0.625 bits per heavy atom. The van der Waals surface area contributed by atoms with Crippen LogP contribution in [0.5, 0.6) is 0 Å². The molecular formula is C14H22O2. The molecule has 0 saturated heterocycles. The standard InChI is InChI=1S/C14H22O2/c1-9(2)13(10(3)4)15-16-14(11(5)6)12(7)8/h1,5H2,2-4,6-8H3. The normalized spacial score (nSPS) is 9.12. The first-order chi connectivity index (χ1) is 7.27. The zero-order valence-electron chi connectivity index (χ0n) is 11.2. The maximum absolute atomic E-state index is 5.31. The number of allylic oxidation sites excluding steroid dienone is 4. The van der Waals surface area contributed by atoms with Gasteiger partial charge in [-0.1, -0.05) is 13.2 Å². The molecule has 0 atom stereocenters. The van der Waals surface area contributed by atoms with Crippen LogP contribution in [0.4, 0.5) is 0 Å². The molecule has 0 aromatic rings. The summed E-state index contributed by atoms with van der Waals surface area (Å²) in [6.07, 6.45) is 0. The Kier molecular flexibility index (Phi) is 5.65. The largest absolute Gasteiger partial charge is 0.290 e. The van der Waals surface area contributed by atoms with E-state index in [4.69, 9.17) is 9.78 Å². The van der Waals surface area contributed by atoms with E-state index in [2.05, 4.69) is 13.2 Å². The van der Waals surface area contributed by atoms with Gasteiger partial charge in [0.1, 0.15) is 0 Å². The first kappa shape index (κ1) is 14.6. The molecule has 0 amide bonds. The van der Waals surface area contributed by atoms with Crippen molar-refractivity contribution in [1.29, 1.82) is 0 Å². The molecule has 2 nitrogen and oxygen atoms in total.